The second-order valence-corrected chi connectivity index (χ2v) is 6.83. The number of unbranched alkanes of at least 4 members (excludes halogenated alkanes) is 10. The molecule has 148 valence electrons. The van der Waals surface area contributed by atoms with Gasteiger partial charge in [0.1, 0.15) is 0 Å². The van der Waals surface area contributed by atoms with Crippen molar-refractivity contribution in [2.45, 2.75) is 110 Å². The molecule has 0 bridgehead atoms. The Hall–Kier alpha value is -1.06. The van der Waals surface area contributed by atoms with Gasteiger partial charge in [-0.05, 0) is 25.7 Å². The fourth-order valence-corrected chi connectivity index (χ4v) is 2.64. The van der Waals surface area contributed by atoms with Crippen molar-refractivity contribution in [3.63, 3.8) is 0 Å². The molecule has 0 radical (unpaired) electrons. The average molecular weight is 357 g/mol. The smallest absolute Gasteiger partial charge is 0.305 e. The molecule has 4 heteroatoms. The first kappa shape index (κ1) is 23.9. The van der Waals surface area contributed by atoms with Gasteiger partial charge in [0.25, 0.3) is 0 Å². The van der Waals surface area contributed by atoms with Gasteiger partial charge in [0.2, 0.25) is 0 Å². The summed E-state index contributed by atoms with van der Waals surface area (Å²) in [5, 5.41) is 0. The van der Waals surface area contributed by atoms with E-state index in [2.05, 4.69) is 13.8 Å². The van der Waals surface area contributed by atoms with Gasteiger partial charge in [0.15, 0.2) is 0 Å². The molecule has 4 nitrogen and oxygen atoms in total. The lowest BCUT2D eigenvalue weighted by Crippen LogP contribution is -2.07. The predicted octanol–water partition coefficient (Wildman–Crippen LogP) is 5.96. The summed E-state index contributed by atoms with van der Waals surface area (Å²) in [7, 11) is 0. The van der Waals surface area contributed by atoms with Crippen LogP contribution >= 0.6 is 0 Å². The summed E-state index contributed by atoms with van der Waals surface area (Å²) in [5.74, 6) is -0.217. The molecule has 25 heavy (non-hydrogen) atoms. The van der Waals surface area contributed by atoms with Crippen LogP contribution in [-0.2, 0) is 19.1 Å². The number of hydrogen-bond acceptors (Lipinski definition) is 4. The zero-order valence-corrected chi connectivity index (χ0v) is 16.7. The van der Waals surface area contributed by atoms with Gasteiger partial charge in [-0.3, -0.25) is 9.59 Å². The van der Waals surface area contributed by atoms with Crippen LogP contribution in [0.4, 0.5) is 0 Å². The van der Waals surface area contributed by atoms with E-state index in [4.69, 9.17) is 9.47 Å². The van der Waals surface area contributed by atoms with E-state index < -0.39 is 0 Å². The van der Waals surface area contributed by atoms with Crippen LogP contribution in [-0.4, -0.2) is 25.2 Å². The standard InChI is InChI=1S/C21H40O4/c1-3-5-7-8-9-10-15-19-25-21(23)17-13-11-12-16-20(22)24-18-14-6-4-2/h3-19H2,1-2H3. The minimum absolute atomic E-state index is 0.104. The van der Waals surface area contributed by atoms with Crippen LogP contribution in [0.3, 0.4) is 0 Å². The summed E-state index contributed by atoms with van der Waals surface area (Å²) in [6.07, 6.45) is 15.1. The second-order valence-electron chi connectivity index (χ2n) is 6.83. The zero-order valence-electron chi connectivity index (χ0n) is 16.7. The molecule has 0 aliphatic heterocycles. The molecule has 0 aromatic heterocycles. The van der Waals surface area contributed by atoms with Gasteiger partial charge in [0, 0.05) is 12.8 Å². The lowest BCUT2D eigenvalue weighted by molar-refractivity contribution is -0.144. The molecule has 0 aliphatic carbocycles. The summed E-state index contributed by atoms with van der Waals surface area (Å²) in [5.41, 5.74) is 0. The van der Waals surface area contributed by atoms with Crippen LogP contribution in [0.25, 0.3) is 0 Å². The number of rotatable bonds is 18. The third-order valence-corrected chi connectivity index (χ3v) is 4.28. The molecule has 0 aromatic rings. The van der Waals surface area contributed by atoms with E-state index in [1.165, 1.54) is 32.1 Å². The first-order chi connectivity index (χ1) is 12.2. The van der Waals surface area contributed by atoms with Crippen molar-refractivity contribution in [3.05, 3.63) is 0 Å². The average Bonchev–Trinajstić information content (AvgIpc) is 2.60. The third kappa shape index (κ3) is 19.1. The van der Waals surface area contributed by atoms with Crippen LogP contribution in [0.1, 0.15) is 110 Å². The first-order valence-corrected chi connectivity index (χ1v) is 10.5. The summed E-state index contributed by atoms with van der Waals surface area (Å²) in [6.45, 7) is 5.44. The largest absolute Gasteiger partial charge is 0.466 e. The van der Waals surface area contributed by atoms with Crippen LogP contribution in [0.5, 0.6) is 0 Å². The van der Waals surface area contributed by atoms with Gasteiger partial charge in [-0.2, -0.15) is 0 Å². The molecular formula is C21H40O4. The van der Waals surface area contributed by atoms with E-state index in [9.17, 15) is 9.59 Å². The Morgan fingerprint density at radius 2 is 0.880 bits per heavy atom. The van der Waals surface area contributed by atoms with E-state index in [0.717, 1.165) is 51.4 Å². The lowest BCUT2D eigenvalue weighted by atomic mass is 10.1. The van der Waals surface area contributed by atoms with Gasteiger partial charge in [0.05, 0.1) is 13.2 Å². The Labute approximate surface area is 155 Å². The molecule has 0 heterocycles. The highest BCUT2D eigenvalue weighted by Gasteiger charge is 2.05. The molecule has 0 fully saturated rings. The first-order valence-electron chi connectivity index (χ1n) is 10.5. The summed E-state index contributed by atoms with van der Waals surface area (Å²) in [6, 6.07) is 0. The molecule has 0 saturated heterocycles. The number of carbonyl (C=O) groups is 2. The summed E-state index contributed by atoms with van der Waals surface area (Å²) >= 11 is 0. The number of esters is 2. The van der Waals surface area contributed by atoms with Crippen LogP contribution in [0, 0.1) is 0 Å². The maximum Gasteiger partial charge on any atom is 0.305 e. The topological polar surface area (TPSA) is 52.6 Å². The molecular weight excluding hydrogens is 316 g/mol. The van der Waals surface area contributed by atoms with Crippen molar-refractivity contribution in [2.24, 2.45) is 0 Å². The lowest BCUT2D eigenvalue weighted by Gasteiger charge is -2.06. The highest BCUT2D eigenvalue weighted by molar-refractivity contribution is 5.69. The van der Waals surface area contributed by atoms with Crippen molar-refractivity contribution >= 4 is 11.9 Å². The molecule has 0 unspecified atom stereocenters. The maximum atomic E-state index is 11.6. The van der Waals surface area contributed by atoms with E-state index in [0.29, 0.717) is 26.1 Å². The van der Waals surface area contributed by atoms with Crippen molar-refractivity contribution < 1.29 is 19.1 Å². The molecule has 0 spiro atoms. The van der Waals surface area contributed by atoms with Gasteiger partial charge < -0.3 is 9.47 Å². The van der Waals surface area contributed by atoms with E-state index in [-0.39, 0.29) is 11.9 Å². The van der Waals surface area contributed by atoms with Gasteiger partial charge in [-0.15, -0.1) is 0 Å². The van der Waals surface area contributed by atoms with E-state index in [1.807, 2.05) is 0 Å². The second kappa shape index (κ2) is 19.3. The number of ether oxygens (including phenoxy) is 2. The van der Waals surface area contributed by atoms with Crippen LogP contribution in [0.2, 0.25) is 0 Å². The Morgan fingerprint density at radius 1 is 0.520 bits per heavy atom. The molecule has 0 saturated carbocycles. The fourth-order valence-electron chi connectivity index (χ4n) is 2.64. The zero-order chi connectivity index (χ0) is 18.6. The molecule has 0 amide bonds. The molecule has 0 aliphatic rings. The molecule has 0 atom stereocenters. The Balaban J connectivity index is 3.28. The molecule has 0 rings (SSSR count). The predicted molar refractivity (Wildman–Crippen MR) is 103 cm³/mol. The van der Waals surface area contributed by atoms with Crippen molar-refractivity contribution in [1.29, 1.82) is 0 Å². The van der Waals surface area contributed by atoms with E-state index >= 15 is 0 Å². The molecule has 0 N–H and O–H groups in total. The summed E-state index contributed by atoms with van der Waals surface area (Å²) in [4.78, 5) is 23.1. The van der Waals surface area contributed by atoms with Crippen LogP contribution < -0.4 is 0 Å². The maximum absolute atomic E-state index is 11.6. The Bertz CT molecular complexity index is 315. The monoisotopic (exact) mass is 356 g/mol. The molecule has 0 aromatic carbocycles. The van der Waals surface area contributed by atoms with Crippen molar-refractivity contribution in [3.8, 4) is 0 Å². The fraction of sp³-hybridized carbons (Fsp3) is 0.905. The van der Waals surface area contributed by atoms with Crippen molar-refractivity contribution in [1.82, 2.24) is 0 Å². The number of hydrogen-bond donors (Lipinski definition) is 0. The van der Waals surface area contributed by atoms with Gasteiger partial charge in [-0.25, -0.2) is 0 Å². The Morgan fingerprint density at radius 3 is 1.40 bits per heavy atom. The van der Waals surface area contributed by atoms with Crippen LogP contribution in [0.15, 0.2) is 0 Å². The van der Waals surface area contributed by atoms with Crippen molar-refractivity contribution in [2.75, 3.05) is 13.2 Å². The highest BCUT2D eigenvalue weighted by atomic mass is 16.5. The number of carbonyl (C=O) groups excluding carboxylic acids is 2. The highest BCUT2D eigenvalue weighted by Crippen LogP contribution is 2.08. The van der Waals surface area contributed by atoms with E-state index in [1.54, 1.807) is 0 Å². The van der Waals surface area contributed by atoms with Gasteiger partial charge >= 0.3 is 11.9 Å². The SMILES string of the molecule is CCCCCCCCCOC(=O)CCCCCC(=O)OCCCCC. The quantitative estimate of drug-likeness (QED) is 0.224. The minimum Gasteiger partial charge on any atom is -0.466 e. The normalized spacial score (nSPS) is 10.6. The van der Waals surface area contributed by atoms with Gasteiger partial charge in [-0.1, -0.05) is 71.6 Å². The summed E-state index contributed by atoms with van der Waals surface area (Å²) < 4.78 is 10.4. The Kier molecular flexibility index (Phi) is 18.5. The minimum atomic E-state index is -0.113. The third-order valence-electron chi connectivity index (χ3n) is 4.28.